The van der Waals surface area contributed by atoms with E-state index in [2.05, 4.69) is 26.2 Å². The van der Waals surface area contributed by atoms with Crippen LogP contribution in [0.2, 0.25) is 0 Å². The summed E-state index contributed by atoms with van der Waals surface area (Å²) in [6.07, 6.45) is 4.01. The number of carbonyl (C=O) groups excluding carboxylic acids is 2. The monoisotopic (exact) mass is 301 g/mol. The van der Waals surface area contributed by atoms with E-state index >= 15 is 0 Å². The summed E-state index contributed by atoms with van der Waals surface area (Å²) in [5.41, 5.74) is 7.57. The van der Waals surface area contributed by atoms with Gasteiger partial charge in [0, 0.05) is 16.7 Å². The molecule has 1 aliphatic carbocycles. The first-order chi connectivity index (χ1) is 8.08. The first-order valence-electron chi connectivity index (χ1n) is 5.15. The number of hydroxylamine groups is 1. The van der Waals surface area contributed by atoms with Gasteiger partial charge in [-0.15, -0.1) is 0 Å². The summed E-state index contributed by atoms with van der Waals surface area (Å²) in [6, 6.07) is 2.10. The first-order valence-corrected chi connectivity index (χ1v) is 5.95. The number of aromatic nitrogens is 1. The topological polar surface area (TPSA) is 86.4 Å². The Morgan fingerprint density at radius 2 is 2.29 bits per heavy atom. The highest BCUT2D eigenvalue weighted by Gasteiger charge is 2.27. The molecule has 6 nitrogen and oxygen atoms in total. The van der Waals surface area contributed by atoms with Gasteiger partial charge in [0.15, 0.2) is 6.61 Å². The van der Waals surface area contributed by atoms with Gasteiger partial charge in [0.25, 0.3) is 5.91 Å². The van der Waals surface area contributed by atoms with E-state index < -0.39 is 5.91 Å². The van der Waals surface area contributed by atoms with Crippen molar-refractivity contribution in [1.29, 1.82) is 0 Å². The molecule has 1 aliphatic rings. The number of hydrogen-bond donors (Lipinski definition) is 2. The van der Waals surface area contributed by atoms with Crippen LogP contribution in [0.15, 0.2) is 16.7 Å². The lowest BCUT2D eigenvalue weighted by Gasteiger charge is -2.07. The van der Waals surface area contributed by atoms with Crippen molar-refractivity contribution >= 4 is 27.7 Å². The normalized spacial score (nSPS) is 14.6. The molecular formula is C10H12BrN3O3. The van der Waals surface area contributed by atoms with Crippen LogP contribution in [0.4, 0.5) is 0 Å². The Hall–Kier alpha value is -1.34. The second-order valence-electron chi connectivity index (χ2n) is 3.87. The maximum absolute atomic E-state index is 11.8. The van der Waals surface area contributed by atoms with Crippen LogP contribution >= 0.6 is 15.9 Å². The maximum atomic E-state index is 11.8. The van der Waals surface area contributed by atoms with Crippen LogP contribution in [0.3, 0.4) is 0 Å². The fourth-order valence-corrected chi connectivity index (χ4v) is 1.94. The second-order valence-corrected chi connectivity index (χ2v) is 4.78. The highest BCUT2D eigenvalue weighted by atomic mass is 79.9. The average Bonchev–Trinajstić information content (AvgIpc) is 3.01. The van der Waals surface area contributed by atoms with Crippen LogP contribution in [0, 0.1) is 0 Å². The van der Waals surface area contributed by atoms with Crippen LogP contribution in [-0.4, -0.2) is 23.0 Å². The Morgan fingerprint density at radius 3 is 2.88 bits per heavy atom. The number of hydrogen-bond acceptors (Lipinski definition) is 3. The largest absolute Gasteiger partial charge is 0.368 e. The van der Waals surface area contributed by atoms with Gasteiger partial charge in [-0.25, -0.2) is 5.48 Å². The van der Waals surface area contributed by atoms with E-state index in [1.165, 1.54) is 0 Å². The number of rotatable bonds is 5. The van der Waals surface area contributed by atoms with E-state index in [1.807, 2.05) is 10.8 Å². The Balaban J connectivity index is 2.00. The second kappa shape index (κ2) is 4.89. The summed E-state index contributed by atoms with van der Waals surface area (Å²) in [6.45, 7) is -0.336. The van der Waals surface area contributed by atoms with Gasteiger partial charge < -0.3 is 10.3 Å². The fourth-order valence-electron chi connectivity index (χ4n) is 1.51. The summed E-state index contributed by atoms with van der Waals surface area (Å²) in [4.78, 5) is 26.9. The highest BCUT2D eigenvalue weighted by molar-refractivity contribution is 9.10. The third-order valence-electron chi connectivity index (χ3n) is 2.37. The molecule has 2 amide bonds. The smallest absolute Gasteiger partial charge is 0.291 e. The van der Waals surface area contributed by atoms with Gasteiger partial charge in [-0.1, -0.05) is 0 Å². The quantitative estimate of drug-likeness (QED) is 0.786. The van der Waals surface area contributed by atoms with Crippen molar-refractivity contribution in [2.24, 2.45) is 5.73 Å². The fraction of sp³-hybridized carbons (Fsp3) is 0.400. The molecule has 2 rings (SSSR count). The summed E-state index contributed by atoms with van der Waals surface area (Å²) < 4.78 is 2.73. The van der Waals surface area contributed by atoms with Crippen molar-refractivity contribution < 1.29 is 14.4 Å². The molecule has 1 aromatic heterocycles. The molecule has 0 aliphatic heterocycles. The number of amides is 2. The van der Waals surface area contributed by atoms with E-state index in [0.29, 0.717) is 11.7 Å². The molecule has 0 spiro atoms. The number of nitrogens with two attached hydrogens (primary N) is 1. The zero-order valence-electron chi connectivity index (χ0n) is 8.98. The van der Waals surface area contributed by atoms with Crippen molar-refractivity contribution in [2.45, 2.75) is 18.9 Å². The minimum atomic E-state index is -0.635. The Bertz CT molecular complexity index is 454. The molecule has 0 radical (unpaired) electrons. The van der Waals surface area contributed by atoms with Crippen molar-refractivity contribution in [2.75, 3.05) is 6.61 Å². The van der Waals surface area contributed by atoms with Gasteiger partial charge in [-0.3, -0.25) is 14.4 Å². The van der Waals surface area contributed by atoms with Crippen LogP contribution < -0.4 is 11.2 Å². The molecule has 3 N–H and O–H groups in total. The third kappa shape index (κ3) is 3.07. The molecule has 1 aromatic rings. The molecule has 17 heavy (non-hydrogen) atoms. The zero-order chi connectivity index (χ0) is 12.4. The summed E-state index contributed by atoms with van der Waals surface area (Å²) >= 11 is 3.32. The molecule has 0 saturated heterocycles. The van der Waals surface area contributed by atoms with Gasteiger partial charge in [-0.2, -0.15) is 0 Å². The van der Waals surface area contributed by atoms with Crippen molar-refractivity contribution in [3.63, 3.8) is 0 Å². The third-order valence-corrected chi connectivity index (χ3v) is 2.80. The van der Waals surface area contributed by atoms with Crippen molar-refractivity contribution in [3.8, 4) is 0 Å². The molecular weight excluding hydrogens is 290 g/mol. The maximum Gasteiger partial charge on any atom is 0.291 e. The highest BCUT2D eigenvalue weighted by Crippen LogP contribution is 2.37. The molecule has 7 heteroatoms. The Kier molecular flexibility index (Phi) is 3.49. The number of halogens is 1. The van der Waals surface area contributed by atoms with Crippen molar-refractivity contribution in [3.05, 3.63) is 22.4 Å². The van der Waals surface area contributed by atoms with Crippen LogP contribution in [-0.2, 0) is 9.63 Å². The molecule has 1 saturated carbocycles. The van der Waals surface area contributed by atoms with E-state index in [0.717, 1.165) is 17.3 Å². The average molecular weight is 302 g/mol. The van der Waals surface area contributed by atoms with Gasteiger partial charge in [0.1, 0.15) is 5.69 Å². The summed E-state index contributed by atoms with van der Waals surface area (Å²) in [5, 5.41) is 0. The lowest BCUT2D eigenvalue weighted by atomic mass is 10.4. The number of carbonyl (C=O) groups is 2. The van der Waals surface area contributed by atoms with Gasteiger partial charge in [0.05, 0.1) is 0 Å². The van der Waals surface area contributed by atoms with Crippen molar-refractivity contribution in [1.82, 2.24) is 10.0 Å². The minimum absolute atomic E-state index is 0.336. The minimum Gasteiger partial charge on any atom is -0.368 e. The Labute approximate surface area is 106 Å². The molecule has 0 bridgehead atoms. The van der Waals surface area contributed by atoms with Gasteiger partial charge in [0.2, 0.25) is 5.91 Å². The SMILES string of the molecule is NC(=O)CONC(=O)c1cc(Br)cn1C1CC1. The van der Waals surface area contributed by atoms with E-state index in [4.69, 9.17) is 5.73 Å². The lowest BCUT2D eigenvalue weighted by Crippen LogP contribution is -2.30. The number of nitrogens with one attached hydrogen (secondary N) is 1. The van der Waals surface area contributed by atoms with E-state index in [1.54, 1.807) is 6.07 Å². The van der Waals surface area contributed by atoms with Crippen LogP contribution in [0.5, 0.6) is 0 Å². The van der Waals surface area contributed by atoms with Gasteiger partial charge in [-0.05, 0) is 34.8 Å². The van der Waals surface area contributed by atoms with Gasteiger partial charge >= 0.3 is 0 Å². The molecule has 0 atom stereocenters. The molecule has 0 aromatic carbocycles. The summed E-state index contributed by atoms with van der Waals surface area (Å²) in [5.74, 6) is -1.02. The van der Waals surface area contributed by atoms with Crippen LogP contribution in [0.25, 0.3) is 0 Å². The predicted molar refractivity (Wildman–Crippen MR) is 63.0 cm³/mol. The molecule has 1 heterocycles. The van der Waals surface area contributed by atoms with E-state index in [-0.39, 0.29) is 12.5 Å². The lowest BCUT2D eigenvalue weighted by molar-refractivity contribution is -0.124. The van der Waals surface area contributed by atoms with Crippen LogP contribution in [0.1, 0.15) is 29.4 Å². The molecule has 1 fully saturated rings. The van der Waals surface area contributed by atoms with E-state index in [9.17, 15) is 9.59 Å². The first kappa shape index (κ1) is 12.1. The molecule has 92 valence electrons. The summed E-state index contributed by atoms with van der Waals surface area (Å²) in [7, 11) is 0. The standard InChI is InChI=1S/C10H12BrN3O3/c11-6-3-8(14(4-6)7-1-2-7)10(16)13-17-5-9(12)15/h3-4,7H,1-2,5H2,(H2,12,15)(H,13,16). The number of primary amides is 1. The zero-order valence-corrected chi connectivity index (χ0v) is 10.6. The molecule has 0 unspecified atom stereocenters. The number of nitrogens with zero attached hydrogens (tertiary/aromatic N) is 1. The Morgan fingerprint density at radius 1 is 1.59 bits per heavy atom. The predicted octanol–water partition coefficient (Wildman–Crippen LogP) is 0.732.